The van der Waals surface area contributed by atoms with E-state index in [1.165, 1.54) is 0 Å². The van der Waals surface area contributed by atoms with Gasteiger partial charge in [0.1, 0.15) is 5.60 Å². The highest BCUT2D eigenvalue weighted by Gasteiger charge is 2.38. The number of nitrogens with two attached hydrogens (primary N) is 1. The summed E-state index contributed by atoms with van der Waals surface area (Å²) in [7, 11) is 0. The Morgan fingerprint density at radius 2 is 1.95 bits per heavy atom. The molecule has 1 heterocycles. The van der Waals surface area contributed by atoms with E-state index in [-0.39, 0.29) is 18.2 Å². The van der Waals surface area contributed by atoms with Gasteiger partial charge in [-0.05, 0) is 44.7 Å². The summed E-state index contributed by atoms with van der Waals surface area (Å²) < 4.78 is 5.60. The van der Waals surface area contributed by atoms with Crippen LogP contribution in [0.3, 0.4) is 0 Å². The van der Waals surface area contributed by atoms with Crippen molar-refractivity contribution >= 4 is 11.8 Å². The predicted octanol–water partition coefficient (Wildman–Crippen LogP) is 3.86. The quantitative estimate of drug-likeness (QED) is 0.854. The molecular weight excluding hydrogens is 264 g/mol. The van der Waals surface area contributed by atoms with Crippen LogP contribution in [0.15, 0.2) is 24.3 Å². The highest BCUT2D eigenvalue weighted by molar-refractivity contribution is 5.90. The van der Waals surface area contributed by atoms with Gasteiger partial charge in [0, 0.05) is 12.1 Å². The maximum atomic E-state index is 12.7. The average molecular weight is 290 g/mol. The van der Waals surface area contributed by atoms with Gasteiger partial charge in [-0.3, -0.25) is 4.90 Å². The van der Waals surface area contributed by atoms with Crippen molar-refractivity contribution in [2.24, 2.45) is 11.7 Å². The number of ether oxygens (including phenoxy) is 1. The fourth-order valence-electron chi connectivity index (χ4n) is 2.81. The molecule has 0 spiro atoms. The van der Waals surface area contributed by atoms with Crippen LogP contribution in [-0.4, -0.2) is 17.7 Å². The van der Waals surface area contributed by atoms with Crippen LogP contribution >= 0.6 is 0 Å². The van der Waals surface area contributed by atoms with Crippen LogP contribution in [0.2, 0.25) is 0 Å². The second-order valence-electron chi connectivity index (χ2n) is 7.06. The van der Waals surface area contributed by atoms with E-state index in [0.717, 1.165) is 17.7 Å². The number of fused-ring (bicyclic) bond motifs is 1. The lowest BCUT2D eigenvalue weighted by molar-refractivity contribution is 0.0548. The van der Waals surface area contributed by atoms with Crippen molar-refractivity contribution < 1.29 is 9.53 Å². The van der Waals surface area contributed by atoms with Gasteiger partial charge in [0.25, 0.3) is 0 Å². The molecule has 2 rings (SSSR count). The molecule has 21 heavy (non-hydrogen) atoms. The number of para-hydroxylation sites is 1. The van der Waals surface area contributed by atoms with Gasteiger partial charge in [-0.25, -0.2) is 4.79 Å². The molecule has 0 radical (unpaired) electrons. The summed E-state index contributed by atoms with van der Waals surface area (Å²) in [6.45, 7) is 9.88. The molecule has 4 heteroatoms. The van der Waals surface area contributed by atoms with E-state index in [0.29, 0.717) is 5.92 Å². The van der Waals surface area contributed by atoms with Gasteiger partial charge in [0.05, 0.1) is 5.69 Å². The molecule has 1 aliphatic heterocycles. The predicted molar refractivity (Wildman–Crippen MR) is 85.3 cm³/mol. The number of nitrogens with zero attached hydrogens (tertiary/aromatic N) is 1. The Labute approximate surface area is 127 Å². The Morgan fingerprint density at radius 3 is 2.52 bits per heavy atom. The first-order chi connectivity index (χ1) is 9.70. The van der Waals surface area contributed by atoms with Gasteiger partial charge in [-0.1, -0.05) is 32.0 Å². The lowest BCUT2D eigenvalue weighted by atomic mass is 9.86. The number of hydrogen-bond donors (Lipinski definition) is 1. The molecule has 0 fully saturated rings. The van der Waals surface area contributed by atoms with Gasteiger partial charge in [0.15, 0.2) is 0 Å². The molecule has 0 saturated heterocycles. The number of rotatable bonds is 1. The zero-order chi connectivity index (χ0) is 15.8. The van der Waals surface area contributed by atoms with Crippen molar-refractivity contribution in [1.82, 2.24) is 0 Å². The molecule has 116 valence electrons. The van der Waals surface area contributed by atoms with E-state index in [4.69, 9.17) is 10.5 Å². The van der Waals surface area contributed by atoms with E-state index in [9.17, 15) is 4.79 Å². The van der Waals surface area contributed by atoms with Crippen molar-refractivity contribution in [1.29, 1.82) is 0 Å². The molecule has 1 aliphatic rings. The number of hydrogen-bond acceptors (Lipinski definition) is 3. The summed E-state index contributed by atoms with van der Waals surface area (Å²) in [6.07, 6.45) is 0.467. The van der Waals surface area contributed by atoms with Crippen LogP contribution in [-0.2, 0) is 4.74 Å². The molecule has 1 aromatic carbocycles. The van der Waals surface area contributed by atoms with Gasteiger partial charge < -0.3 is 10.5 Å². The maximum Gasteiger partial charge on any atom is 0.415 e. The first kappa shape index (κ1) is 15.8. The van der Waals surface area contributed by atoms with Gasteiger partial charge >= 0.3 is 6.09 Å². The third-order valence-electron chi connectivity index (χ3n) is 3.78. The Bertz CT molecular complexity index is 520. The monoisotopic (exact) mass is 290 g/mol. The summed E-state index contributed by atoms with van der Waals surface area (Å²) in [5.74, 6) is 0.317. The van der Waals surface area contributed by atoms with Crippen molar-refractivity contribution in [2.45, 2.75) is 58.7 Å². The Hall–Kier alpha value is -1.55. The molecular formula is C17H26N2O2. The number of benzene rings is 1. The minimum atomic E-state index is -0.507. The first-order valence-electron chi connectivity index (χ1n) is 7.57. The smallest absolute Gasteiger partial charge is 0.415 e. The molecule has 1 amide bonds. The van der Waals surface area contributed by atoms with Crippen LogP contribution in [0.25, 0.3) is 0 Å². The zero-order valence-corrected chi connectivity index (χ0v) is 13.6. The van der Waals surface area contributed by atoms with Crippen molar-refractivity contribution in [3.05, 3.63) is 29.8 Å². The normalized spacial score (nSPS) is 22.1. The summed E-state index contributed by atoms with van der Waals surface area (Å²) in [4.78, 5) is 14.4. The Balaban J connectivity index is 2.42. The van der Waals surface area contributed by atoms with E-state index in [2.05, 4.69) is 13.8 Å². The van der Waals surface area contributed by atoms with Crippen LogP contribution in [0.4, 0.5) is 10.5 Å². The SMILES string of the molecule is CC(C)[C@H]1C[C@H](N)c2ccccc2N1C(=O)OC(C)(C)C. The molecule has 0 saturated carbocycles. The van der Waals surface area contributed by atoms with Crippen LogP contribution in [0.1, 0.15) is 52.6 Å². The van der Waals surface area contributed by atoms with Gasteiger partial charge in [-0.15, -0.1) is 0 Å². The largest absolute Gasteiger partial charge is 0.443 e. The fraction of sp³-hybridized carbons (Fsp3) is 0.588. The highest BCUT2D eigenvalue weighted by Crippen LogP contribution is 2.38. The lowest BCUT2D eigenvalue weighted by Gasteiger charge is -2.42. The molecule has 1 aromatic rings. The minimum absolute atomic E-state index is 0.0349. The number of amides is 1. The van der Waals surface area contributed by atoms with Gasteiger partial charge in [-0.2, -0.15) is 0 Å². The number of carbonyl (C=O) groups excluding carboxylic acids is 1. The second kappa shape index (κ2) is 5.68. The van der Waals surface area contributed by atoms with E-state index < -0.39 is 5.60 Å². The average Bonchev–Trinajstić information content (AvgIpc) is 2.36. The van der Waals surface area contributed by atoms with E-state index >= 15 is 0 Å². The third-order valence-corrected chi connectivity index (χ3v) is 3.78. The van der Waals surface area contributed by atoms with Crippen molar-refractivity contribution in [2.75, 3.05) is 4.90 Å². The minimum Gasteiger partial charge on any atom is -0.443 e. The standard InChI is InChI=1S/C17H26N2O2/c1-11(2)15-10-13(18)12-8-6-7-9-14(12)19(15)16(20)21-17(3,4)5/h6-9,11,13,15H,10,18H2,1-5H3/t13-,15+/m0/s1. The van der Waals surface area contributed by atoms with E-state index in [1.54, 1.807) is 4.90 Å². The van der Waals surface area contributed by atoms with E-state index in [1.807, 2.05) is 45.0 Å². The summed E-state index contributed by atoms with van der Waals surface area (Å²) in [5.41, 5.74) is 7.67. The number of carbonyl (C=O) groups is 1. The Kier molecular flexibility index (Phi) is 4.28. The summed E-state index contributed by atoms with van der Waals surface area (Å²) >= 11 is 0. The Morgan fingerprint density at radius 1 is 1.33 bits per heavy atom. The molecule has 4 nitrogen and oxygen atoms in total. The highest BCUT2D eigenvalue weighted by atomic mass is 16.6. The molecule has 0 aromatic heterocycles. The summed E-state index contributed by atoms with van der Waals surface area (Å²) in [5, 5.41) is 0. The van der Waals surface area contributed by atoms with Crippen molar-refractivity contribution in [3.8, 4) is 0 Å². The third kappa shape index (κ3) is 3.38. The number of anilines is 1. The van der Waals surface area contributed by atoms with Gasteiger partial charge in [0.2, 0.25) is 0 Å². The van der Waals surface area contributed by atoms with Crippen LogP contribution < -0.4 is 10.6 Å². The second-order valence-corrected chi connectivity index (χ2v) is 7.06. The molecule has 0 unspecified atom stereocenters. The molecule has 0 bridgehead atoms. The maximum absolute atomic E-state index is 12.7. The fourth-order valence-corrected chi connectivity index (χ4v) is 2.81. The zero-order valence-electron chi connectivity index (χ0n) is 13.6. The molecule has 2 N–H and O–H groups in total. The first-order valence-corrected chi connectivity index (χ1v) is 7.57. The summed E-state index contributed by atoms with van der Waals surface area (Å²) in [6, 6.07) is 7.87. The van der Waals surface area contributed by atoms with Crippen molar-refractivity contribution in [3.63, 3.8) is 0 Å². The van der Waals surface area contributed by atoms with Crippen LogP contribution in [0.5, 0.6) is 0 Å². The lowest BCUT2D eigenvalue weighted by Crippen LogP contribution is -2.50. The molecule has 0 aliphatic carbocycles. The molecule has 2 atom stereocenters. The van der Waals surface area contributed by atoms with Crippen LogP contribution in [0, 0.1) is 5.92 Å². The topological polar surface area (TPSA) is 55.6 Å².